The summed E-state index contributed by atoms with van der Waals surface area (Å²) in [5.41, 5.74) is 4.71. The average Bonchev–Trinajstić information content (AvgIpc) is 2.57. The molecule has 0 saturated heterocycles. The van der Waals surface area contributed by atoms with Crippen LogP contribution >= 0.6 is 0 Å². The molecule has 112 valence electrons. The van der Waals surface area contributed by atoms with Crippen molar-refractivity contribution in [2.24, 2.45) is 0 Å². The van der Waals surface area contributed by atoms with Gasteiger partial charge in [-0.05, 0) is 37.0 Å². The summed E-state index contributed by atoms with van der Waals surface area (Å²) >= 11 is 0. The van der Waals surface area contributed by atoms with Crippen molar-refractivity contribution < 1.29 is 4.42 Å². The molecule has 0 aliphatic heterocycles. The molecule has 1 aromatic heterocycles. The predicted octanol–water partition coefficient (Wildman–Crippen LogP) is 4.89. The van der Waals surface area contributed by atoms with Crippen molar-refractivity contribution in [1.29, 1.82) is 0 Å². The first kappa shape index (κ1) is 14.6. The zero-order valence-corrected chi connectivity index (χ0v) is 13.3. The fourth-order valence-corrected chi connectivity index (χ4v) is 3.00. The first-order valence-electron chi connectivity index (χ1n) is 7.81. The van der Waals surface area contributed by atoms with Crippen LogP contribution in [0.1, 0.15) is 30.5 Å². The van der Waals surface area contributed by atoms with E-state index in [9.17, 15) is 4.79 Å². The highest BCUT2D eigenvalue weighted by Crippen LogP contribution is 2.29. The molecule has 0 amide bonds. The van der Waals surface area contributed by atoms with Crippen LogP contribution in [-0.4, -0.2) is 0 Å². The molecule has 0 aliphatic rings. The molecule has 0 N–H and O–H groups in total. The number of rotatable bonds is 3. The van der Waals surface area contributed by atoms with Gasteiger partial charge in [0.2, 0.25) is 0 Å². The van der Waals surface area contributed by atoms with E-state index in [1.165, 1.54) is 5.56 Å². The van der Waals surface area contributed by atoms with Crippen LogP contribution in [0.25, 0.3) is 22.3 Å². The van der Waals surface area contributed by atoms with Gasteiger partial charge in [0.1, 0.15) is 11.3 Å². The van der Waals surface area contributed by atoms with Gasteiger partial charge in [0.05, 0.1) is 5.39 Å². The van der Waals surface area contributed by atoms with Crippen LogP contribution in [-0.2, 0) is 12.8 Å². The minimum atomic E-state index is 0.0830. The summed E-state index contributed by atoms with van der Waals surface area (Å²) in [6, 6.07) is 14.0. The van der Waals surface area contributed by atoms with Gasteiger partial charge >= 0.3 is 0 Å². The zero-order valence-electron chi connectivity index (χ0n) is 13.3. The molecule has 3 aromatic rings. The Bertz CT molecular complexity index is 888. The van der Waals surface area contributed by atoms with E-state index in [2.05, 4.69) is 19.9 Å². The molecule has 0 aliphatic carbocycles. The minimum absolute atomic E-state index is 0.0830. The molecule has 2 heteroatoms. The second-order valence-electron chi connectivity index (χ2n) is 5.54. The zero-order chi connectivity index (χ0) is 15.7. The van der Waals surface area contributed by atoms with Crippen molar-refractivity contribution in [2.45, 2.75) is 33.6 Å². The van der Waals surface area contributed by atoms with Crippen molar-refractivity contribution in [3.05, 3.63) is 69.4 Å². The van der Waals surface area contributed by atoms with Gasteiger partial charge in [-0.3, -0.25) is 4.79 Å². The van der Waals surface area contributed by atoms with Gasteiger partial charge in [0.15, 0.2) is 5.43 Å². The molecule has 1 heterocycles. The second kappa shape index (κ2) is 5.80. The molecule has 22 heavy (non-hydrogen) atoms. The van der Waals surface area contributed by atoms with E-state index in [1.54, 1.807) is 0 Å². The lowest BCUT2D eigenvalue weighted by Crippen LogP contribution is -2.09. The molecule has 0 saturated carbocycles. The third-order valence-corrected chi connectivity index (χ3v) is 4.26. The van der Waals surface area contributed by atoms with E-state index in [-0.39, 0.29) is 5.43 Å². The quantitative estimate of drug-likeness (QED) is 0.687. The molecular formula is C20H20O2. The Morgan fingerprint density at radius 2 is 1.59 bits per heavy atom. The molecule has 0 unspecified atom stereocenters. The molecular weight excluding hydrogens is 272 g/mol. The Kier molecular flexibility index (Phi) is 3.84. The fraction of sp³-hybridized carbons (Fsp3) is 0.250. The standard InChI is InChI=1S/C20H20O2/c1-4-14-9-6-7-11-16(14)20-13(3)19(21)18-15(5-2)10-8-12-17(18)22-20/h6-12H,4-5H2,1-3H3. The van der Waals surface area contributed by atoms with Gasteiger partial charge in [-0.1, -0.05) is 50.2 Å². The van der Waals surface area contributed by atoms with Crippen molar-refractivity contribution in [3.63, 3.8) is 0 Å². The van der Waals surface area contributed by atoms with Gasteiger partial charge < -0.3 is 4.42 Å². The number of hydrogen-bond donors (Lipinski definition) is 0. The van der Waals surface area contributed by atoms with Crippen LogP contribution < -0.4 is 5.43 Å². The van der Waals surface area contributed by atoms with Crippen LogP contribution in [0.15, 0.2) is 51.7 Å². The number of fused-ring (bicyclic) bond motifs is 1. The Hall–Kier alpha value is -2.35. The largest absolute Gasteiger partial charge is 0.456 e. The predicted molar refractivity (Wildman–Crippen MR) is 91.4 cm³/mol. The molecule has 0 atom stereocenters. The summed E-state index contributed by atoms with van der Waals surface area (Å²) in [5.74, 6) is 0.697. The number of hydrogen-bond acceptors (Lipinski definition) is 2. The fourth-order valence-electron chi connectivity index (χ4n) is 3.00. The molecule has 0 bridgehead atoms. The van der Waals surface area contributed by atoms with Crippen molar-refractivity contribution in [3.8, 4) is 11.3 Å². The van der Waals surface area contributed by atoms with E-state index >= 15 is 0 Å². The topological polar surface area (TPSA) is 30.2 Å². The Morgan fingerprint density at radius 1 is 0.909 bits per heavy atom. The van der Waals surface area contributed by atoms with Crippen LogP contribution in [0.2, 0.25) is 0 Å². The molecule has 2 nitrogen and oxygen atoms in total. The van der Waals surface area contributed by atoms with Crippen LogP contribution in [0.3, 0.4) is 0 Å². The maximum atomic E-state index is 12.8. The molecule has 0 spiro atoms. The van der Waals surface area contributed by atoms with Crippen molar-refractivity contribution in [2.75, 3.05) is 0 Å². The van der Waals surface area contributed by atoms with Gasteiger partial charge in [-0.15, -0.1) is 0 Å². The number of benzene rings is 2. The summed E-state index contributed by atoms with van der Waals surface area (Å²) in [6.07, 6.45) is 1.73. The first-order chi connectivity index (χ1) is 10.7. The monoisotopic (exact) mass is 292 g/mol. The molecule has 2 aromatic carbocycles. The third kappa shape index (κ3) is 2.25. The summed E-state index contributed by atoms with van der Waals surface area (Å²) in [4.78, 5) is 12.8. The van der Waals surface area contributed by atoms with Crippen molar-refractivity contribution >= 4 is 11.0 Å². The van der Waals surface area contributed by atoms with Gasteiger partial charge in [-0.25, -0.2) is 0 Å². The summed E-state index contributed by atoms with van der Waals surface area (Å²) in [5, 5.41) is 0.722. The lowest BCUT2D eigenvalue weighted by molar-refractivity contribution is 0.612. The Balaban J connectivity index is 2.38. The highest BCUT2D eigenvalue weighted by molar-refractivity contribution is 5.83. The number of aryl methyl sites for hydroxylation is 2. The highest BCUT2D eigenvalue weighted by atomic mass is 16.3. The van der Waals surface area contributed by atoms with Gasteiger partial charge in [0.25, 0.3) is 0 Å². The lowest BCUT2D eigenvalue weighted by atomic mass is 9.98. The van der Waals surface area contributed by atoms with Crippen LogP contribution in [0.4, 0.5) is 0 Å². The van der Waals surface area contributed by atoms with Gasteiger partial charge in [0, 0.05) is 11.1 Å². The van der Waals surface area contributed by atoms with E-state index in [1.807, 2.05) is 43.3 Å². The Morgan fingerprint density at radius 3 is 2.32 bits per heavy atom. The minimum Gasteiger partial charge on any atom is -0.456 e. The van der Waals surface area contributed by atoms with E-state index in [4.69, 9.17) is 4.42 Å². The Labute approximate surface area is 130 Å². The van der Waals surface area contributed by atoms with Crippen LogP contribution in [0.5, 0.6) is 0 Å². The molecule has 3 rings (SSSR count). The van der Waals surface area contributed by atoms with E-state index in [0.717, 1.165) is 29.4 Å². The second-order valence-corrected chi connectivity index (χ2v) is 5.54. The summed E-state index contributed by atoms with van der Waals surface area (Å²) < 4.78 is 6.14. The summed E-state index contributed by atoms with van der Waals surface area (Å²) in [7, 11) is 0. The SMILES string of the molecule is CCc1ccccc1-c1oc2cccc(CC)c2c(=O)c1C. The smallest absolute Gasteiger partial charge is 0.196 e. The maximum absolute atomic E-state index is 12.8. The van der Waals surface area contributed by atoms with Crippen LogP contribution in [0, 0.1) is 6.92 Å². The van der Waals surface area contributed by atoms with Crippen molar-refractivity contribution in [1.82, 2.24) is 0 Å². The molecule has 0 fully saturated rings. The average molecular weight is 292 g/mol. The van der Waals surface area contributed by atoms with E-state index < -0.39 is 0 Å². The van der Waals surface area contributed by atoms with Gasteiger partial charge in [-0.2, -0.15) is 0 Å². The lowest BCUT2D eigenvalue weighted by Gasteiger charge is -2.12. The highest BCUT2D eigenvalue weighted by Gasteiger charge is 2.16. The third-order valence-electron chi connectivity index (χ3n) is 4.26. The molecule has 0 radical (unpaired) electrons. The normalized spacial score (nSPS) is 11.0. The van der Waals surface area contributed by atoms with E-state index in [0.29, 0.717) is 16.9 Å². The summed E-state index contributed by atoms with van der Waals surface area (Å²) in [6.45, 7) is 6.03. The maximum Gasteiger partial charge on any atom is 0.196 e. The first-order valence-corrected chi connectivity index (χ1v) is 7.81.